The molecule has 20 heavy (non-hydrogen) atoms. The van der Waals surface area contributed by atoms with Crippen LogP contribution in [0.25, 0.3) is 0 Å². The fraction of sp³-hybridized carbons (Fsp3) is 0.714. The predicted octanol–water partition coefficient (Wildman–Crippen LogP) is 3.17. The molecule has 2 atom stereocenters. The van der Waals surface area contributed by atoms with Gasteiger partial charge in [0.05, 0.1) is 4.92 Å². The Balaban J connectivity index is 2.29. The van der Waals surface area contributed by atoms with Gasteiger partial charge in [-0.3, -0.25) is 15.0 Å². The SMILES string of the molecule is CCCN1CCCCC(CN)C1c1ccc([N+](=O)[O-])s1. The molecular formula is C14H23N3O2S. The molecule has 1 saturated heterocycles. The molecule has 112 valence electrons. The molecule has 2 heterocycles. The number of nitro groups is 1. The van der Waals surface area contributed by atoms with Gasteiger partial charge in [0.2, 0.25) is 0 Å². The average Bonchev–Trinajstić information content (AvgIpc) is 2.82. The van der Waals surface area contributed by atoms with Crippen molar-refractivity contribution < 1.29 is 4.92 Å². The third-order valence-corrected chi connectivity index (χ3v) is 5.12. The molecule has 5 nitrogen and oxygen atoms in total. The van der Waals surface area contributed by atoms with Crippen molar-refractivity contribution in [1.29, 1.82) is 0 Å². The summed E-state index contributed by atoms with van der Waals surface area (Å²) in [5.41, 5.74) is 5.97. The molecule has 2 rings (SSSR count). The average molecular weight is 297 g/mol. The van der Waals surface area contributed by atoms with Gasteiger partial charge in [0.15, 0.2) is 0 Å². The summed E-state index contributed by atoms with van der Waals surface area (Å²) in [5, 5.41) is 11.1. The number of rotatable bonds is 5. The highest BCUT2D eigenvalue weighted by molar-refractivity contribution is 7.15. The second-order valence-electron chi connectivity index (χ2n) is 5.41. The molecule has 1 fully saturated rings. The minimum Gasteiger partial charge on any atom is -0.330 e. The van der Waals surface area contributed by atoms with Crippen molar-refractivity contribution in [3.05, 3.63) is 27.1 Å². The van der Waals surface area contributed by atoms with E-state index in [-0.39, 0.29) is 16.0 Å². The number of hydrogen-bond acceptors (Lipinski definition) is 5. The van der Waals surface area contributed by atoms with Crippen molar-refractivity contribution in [3.8, 4) is 0 Å². The van der Waals surface area contributed by atoms with Crippen LogP contribution in [0.3, 0.4) is 0 Å². The molecule has 0 radical (unpaired) electrons. The maximum Gasteiger partial charge on any atom is 0.324 e. The largest absolute Gasteiger partial charge is 0.330 e. The molecule has 2 N–H and O–H groups in total. The summed E-state index contributed by atoms with van der Waals surface area (Å²) in [6, 6.07) is 3.80. The van der Waals surface area contributed by atoms with Crippen LogP contribution >= 0.6 is 11.3 Å². The number of nitrogens with zero attached hydrogens (tertiary/aromatic N) is 2. The molecule has 1 aliphatic rings. The number of thiophene rings is 1. The number of likely N-dealkylation sites (tertiary alicyclic amines) is 1. The van der Waals surface area contributed by atoms with Gasteiger partial charge in [0.25, 0.3) is 0 Å². The van der Waals surface area contributed by atoms with Gasteiger partial charge < -0.3 is 5.73 Å². The van der Waals surface area contributed by atoms with Crippen LogP contribution in [-0.2, 0) is 0 Å². The minimum absolute atomic E-state index is 0.233. The molecule has 0 saturated carbocycles. The second kappa shape index (κ2) is 7.15. The van der Waals surface area contributed by atoms with Crippen molar-refractivity contribution in [2.45, 2.75) is 38.6 Å². The van der Waals surface area contributed by atoms with E-state index in [9.17, 15) is 10.1 Å². The predicted molar refractivity (Wildman–Crippen MR) is 82.0 cm³/mol. The number of hydrogen-bond donors (Lipinski definition) is 1. The van der Waals surface area contributed by atoms with Crippen LogP contribution in [0.1, 0.15) is 43.5 Å². The maximum absolute atomic E-state index is 10.9. The Bertz CT molecular complexity index is 449. The molecule has 0 bridgehead atoms. The summed E-state index contributed by atoms with van der Waals surface area (Å²) >= 11 is 1.31. The van der Waals surface area contributed by atoms with Crippen LogP contribution < -0.4 is 5.73 Å². The first-order chi connectivity index (χ1) is 9.67. The molecule has 0 aliphatic carbocycles. The quantitative estimate of drug-likeness (QED) is 0.669. The summed E-state index contributed by atoms with van der Waals surface area (Å²) in [5.74, 6) is 0.405. The first kappa shape index (κ1) is 15.4. The van der Waals surface area contributed by atoms with Gasteiger partial charge in [-0.2, -0.15) is 0 Å². The summed E-state index contributed by atoms with van der Waals surface area (Å²) in [6.07, 6.45) is 4.61. The molecule has 1 aliphatic heterocycles. The van der Waals surface area contributed by atoms with Crippen LogP contribution in [0.4, 0.5) is 5.00 Å². The Labute approximate surface area is 123 Å². The molecule has 6 heteroatoms. The Hall–Kier alpha value is -0.980. The lowest BCUT2D eigenvalue weighted by Crippen LogP contribution is -2.35. The van der Waals surface area contributed by atoms with E-state index < -0.39 is 0 Å². The third kappa shape index (κ3) is 3.37. The van der Waals surface area contributed by atoms with Gasteiger partial charge in [-0.05, 0) is 50.9 Å². The summed E-state index contributed by atoms with van der Waals surface area (Å²) in [4.78, 5) is 14.2. The molecule has 0 aromatic carbocycles. The van der Waals surface area contributed by atoms with Gasteiger partial charge in [-0.15, -0.1) is 0 Å². The minimum atomic E-state index is -0.299. The van der Waals surface area contributed by atoms with E-state index in [1.165, 1.54) is 24.2 Å². The van der Waals surface area contributed by atoms with Crippen LogP contribution in [0.2, 0.25) is 0 Å². The zero-order chi connectivity index (χ0) is 14.5. The van der Waals surface area contributed by atoms with Crippen molar-refractivity contribution in [2.24, 2.45) is 11.7 Å². The van der Waals surface area contributed by atoms with E-state index in [0.29, 0.717) is 12.5 Å². The molecule has 1 aromatic heterocycles. The topological polar surface area (TPSA) is 72.4 Å². The molecule has 0 amide bonds. The Morgan fingerprint density at radius 2 is 2.30 bits per heavy atom. The fourth-order valence-electron chi connectivity index (χ4n) is 3.11. The highest BCUT2D eigenvalue weighted by atomic mass is 32.1. The normalized spacial score (nSPS) is 24.5. The van der Waals surface area contributed by atoms with Crippen molar-refractivity contribution >= 4 is 16.3 Å². The van der Waals surface area contributed by atoms with Crippen LogP contribution in [0, 0.1) is 16.0 Å². The Morgan fingerprint density at radius 1 is 1.50 bits per heavy atom. The summed E-state index contributed by atoms with van der Waals surface area (Å²) in [7, 11) is 0. The van der Waals surface area contributed by atoms with Gasteiger partial charge >= 0.3 is 5.00 Å². The van der Waals surface area contributed by atoms with Gasteiger partial charge in [0, 0.05) is 17.0 Å². The summed E-state index contributed by atoms with van der Waals surface area (Å²) < 4.78 is 0. The highest BCUT2D eigenvalue weighted by Crippen LogP contribution is 2.39. The van der Waals surface area contributed by atoms with E-state index in [4.69, 9.17) is 5.73 Å². The molecular weight excluding hydrogens is 274 g/mol. The summed E-state index contributed by atoms with van der Waals surface area (Å²) in [6.45, 7) is 4.93. The van der Waals surface area contributed by atoms with E-state index in [1.54, 1.807) is 6.07 Å². The van der Waals surface area contributed by atoms with Crippen LogP contribution in [-0.4, -0.2) is 29.5 Å². The fourth-order valence-corrected chi connectivity index (χ4v) is 4.16. The molecule has 2 unspecified atom stereocenters. The van der Waals surface area contributed by atoms with Crippen LogP contribution in [0.5, 0.6) is 0 Å². The van der Waals surface area contributed by atoms with E-state index in [2.05, 4.69) is 11.8 Å². The monoisotopic (exact) mass is 297 g/mol. The van der Waals surface area contributed by atoms with E-state index in [0.717, 1.165) is 30.8 Å². The number of nitrogens with two attached hydrogens (primary N) is 1. The maximum atomic E-state index is 10.9. The zero-order valence-corrected chi connectivity index (χ0v) is 12.8. The Morgan fingerprint density at radius 3 is 2.90 bits per heavy atom. The first-order valence-electron chi connectivity index (χ1n) is 7.35. The van der Waals surface area contributed by atoms with E-state index >= 15 is 0 Å². The third-order valence-electron chi connectivity index (χ3n) is 4.01. The smallest absolute Gasteiger partial charge is 0.324 e. The lowest BCUT2D eigenvalue weighted by molar-refractivity contribution is -0.380. The van der Waals surface area contributed by atoms with Crippen molar-refractivity contribution in [3.63, 3.8) is 0 Å². The Kier molecular flexibility index (Phi) is 5.51. The standard InChI is InChI=1S/C14H23N3O2S/c1-2-8-16-9-4-3-5-11(10-15)14(16)12-6-7-13(20-12)17(18)19/h6-7,11,14H,2-5,8-10,15H2,1H3. The lowest BCUT2D eigenvalue weighted by Gasteiger charge is -2.33. The second-order valence-corrected chi connectivity index (χ2v) is 6.50. The first-order valence-corrected chi connectivity index (χ1v) is 8.17. The van der Waals surface area contributed by atoms with Crippen molar-refractivity contribution in [2.75, 3.05) is 19.6 Å². The van der Waals surface area contributed by atoms with Gasteiger partial charge in [0.1, 0.15) is 0 Å². The molecule has 0 spiro atoms. The van der Waals surface area contributed by atoms with Crippen LogP contribution in [0.15, 0.2) is 12.1 Å². The van der Waals surface area contributed by atoms with Gasteiger partial charge in [-0.25, -0.2) is 0 Å². The van der Waals surface area contributed by atoms with Crippen molar-refractivity contribution in [1.82, 2.24) is 4.90 Å². The molecule has 1 aromatic rings. The van der Waals surface area contributed by atoms with Gasteiger partial charge in [-0.1, -0.05) is 24.7 Å². The zero-order valence-electron chi connectivity index (χ0n) is 12.0. The lowest BCUT2D eigenvalue weighted by atomic mass is 9.93. The highest BCUT2D eigenvalue weighted by Gasteiger charge is 2.31. The van der Waals surface area contributed by atoms with E-state index in [1.807, 2.05) is 6.07 Å².